The number of piperidine rings is 1. The zero-order chi connectivity index (χ0) is 23.8. The maximum Gasteiger partial charge on any atom is 0.262 e. The fourth-order valence-electron chi connectivity index (χ4n) is 4.85. The Morgan fingerprint density at radius 2 is 1.71 bits per heavy atom. The molecule has 0 bridgehead atoms. The highest BCUT2D eigenvalue weighted by Crippen LogP contribution is 2.29. The van der Waals surface area contributed by atoms with Gasteiger partial charge in [-0.05, 0) is 36.2 Å². The first kappa shape index (κ1) is 22.1. The van der Waals surface area contributed by atoms with E-state index in [0.29, 0.717) is 17.7 Å². The molecule has 3 aliphatic heterocycles. The Balaban J connectivity index is 1.24. The van der Waals surface area contributed by atoms with Gasteiger partial charge in [0, 0.05) is 50.9 Å². The number of methoxy groups -OCH3 is 1. The van der Waals surface area contributed by atoms with Crippen molar-refractivity contribution in [2.24, 2.45) is 0 Å². The fourth-order valence-corrected chi connectivity index (χ4v) is 4.85. The Hall–Kier alpha value is -3.72. The van der Waals surface area contributed by atoms with Crippen LogP contribution in [-0.2, 0) is 16.1 Å². The first-order valence-electron chi connectivity index (χ1n) is 11.4. The molecule has 34 heavy (non-hydrogen) atoms. The molecule has 1 unspecified atom stereocenters. The molecule has 2 aromatic carbocycles. The lowest BCUT2D eigenvalue weighted by Crippen LogP contribution is -2.54. The van der Waals surface area contributed by atoms with Gasteiger partial charge in [0.15, 0.2) is 0 Å². The topological polar surface area (TPSA) is 99.3 Å². The molecule has 0 spiro atoms. The van der Waals surface area contributed by atoms with E-state index in [2.05, 4.69) is 21.2 Å². The maximum atomic E-state index is 13.0. The van der Waals surface area contributed by atoms with Gasteiger partial charge in [-0.1, -0.05) is 12.1 Å². The van der Waals surface area contributed by atoms with Gasteiger partial charge in [0.05, 0.1) is 18.2 Å². The van der Waals surface area contributed by atoms with E-state index in [1.54, 1.807) is 19.2 Å². The van der Waals surface area contributed by atoms with Gasteiger partial charge in [0.2, 0.25) is 11.8 Å². The largest absolute Gasteiger partial charge is 0.497 e. The van der Waals surface area contributed by atoms with Crippen LogP contribution in [0.5, 0.6) is 5.75 Å². The van der Waals surface area contributed by atoms with Crippen LogP contribution in [0, 0.1) is 0 Å². The number of rotatable bonds is 5. The highest BCUT2D eigenvalue weighted by molar-refractivity contribution is 6.23. The van der Waals surface area contributed by atoms with Gasteiger partial charge in [-0.15, -0.1) is 0 Å². The second-order valence-electron chi connectivity index (χ2n) is 8.79. The molecule has 5 rings (SSSR count). The van der Waals surface area contributed by atoms with Gasteiger partial charge >= 0.3 is 0 Å². The number of anilines is 1. The highest BCUT2D eigenvalue weighted by atomic mass is 16.5. The van der Waals surface area contributed by atoms with Crippen LogP contribution in [0.2, 0.25) is 0 Å². The number of piperazine rings is 1. The summed E-state index contributed by atoms with van der Waals surface area (Å²) in [6.07, 6.45) is 0.261. The third-order valence-electron chi connectivity index (χ3n) is 6.70. The number of ether oxygens (including phenoxy) is 1. The summed E-state index contributed by atoms with van der Waals surface area (Å²) in [6.45, 7) is 4.14. The van der Waals surface area contributed by atoms with Crippen molar-refractivity contribution in [1.29, 1.82) is 0 Å². The third kappa shape index (κ3) is 4.03. The van der Waals surface area contributed by atoms with Gasteiger partial charge in [0.25, 0.3) is 11.8 Å². The molecule has 2 fully saturated rings. The Labute approximate surface area is 197 Å². The van der Waals surface area contributed by atoms with E-state index in [1.807, 2.05) is 24.3 Å². The minimum atomic E-state index is -0.946. The quantitative estimate of drug-likeness (QED) is 0.671. The number of hydrogen-bond acceptors (Lipinski definition) is 7. The number of benzene rings is 2. The monoisotopic (exact) mass is 462 g/mol. The summed E-state index contributed by atoms with van der Waals surface area (Å²) in [5.41, 5.74) is 2.71. The fraction of sp³-hybridized carbons (Fsp3) is 0.360. The lowest BCUT2D eigenvalue weighted by atomic mass is 10.0. The van der Waals surface area contributed by atoms with E-state index in [-0.39, 0.29) is 18.7 Å². The van der Waals surface area contributed by atoms with Gasteiger partial charge in [-0.3, -0.25) is 34.3 Å². The van der Waals surface area contributed by atoms with Crippen LogP contribution >= 0.6 is 0 Å². The van der Waals surface area contributed by atoms with Crippen LogP contribution in [0.1, 0.15) is 39.1 Å². The molecule has 3 heterocycles. The number of carbonyl (C=O) groups is 4. The van der Waals surface area contributed by atoms with Crippen molar-refractivity contribution in [3.63, 3.8) is 0 Å². The van der Waals surface area contributed by atoms with E-state index in [9.17, 15) is 19.2 Å². The molecule has 3 aliphatic rings. The van der Waals surface area contributed by atoms with E-state index in [1.165, 1.54) is 0 Å². The Morgan fingerprint density at radius 1 is 0.941 bits per heavy atom. The predicted molar refractivity (Wildman–Crippen MR) is 124 cm³/mol. The number of nitrogens with one attached hydrogen (secondary N) is 1. The summed E-state index contributed by atoms with van der Waals surface area (Å²) >= 11 is 0. The standard InChI is InChI=1S/C25H26N4O5/c1-34-18-4-2-3-17(14-18)28-11-9-27(10-12-28)15-16-5-6-19-20(13-16)25(33)29(24(19)32)21-7-8-22(30)26-23(21)31/h2-6,13-14,21H,7-12,15H2,1H3,(H,26,30,31). The van der Waals surface area contributed by atoms with E-state index < -0.39 is 23.8 Å². The summed E-state index contributed by atoms with van der Waals surface area (Å²) in [7, 11) is 1.66. The molecular weight excluding hydrogens is 436 g/mol. The first-order valence-corrected chi connectivity index (χ1v) is 11.4. The average Bonchev–Trinajstić information content (AvgIpc) is 3.09. The second kappa shape index (κ2) is 8.90. The molecular formula is C25H26N4O5. The summed E-state index contributed by atoms with van der Waals surface area (Å²) in [5.74, 6) is -1.10. The zero-order valence-electron chi connectivity index (χ0n) is 19.0. The van der Waals surface area contributed by atoms with Crippen molar-refractivity contribution < 1.29 is 23.9 Å². The molecule has 0 aliphatic carbocycles. The van der Waals surface area contributed by atoms with Crippen molar-refractivity contribution in [1.82, 2.24) is 15.1 Å². The molecule has 4 amide bonds. The molecule has 2 saturated heterocycles. The van der Waals surface area contributed by atoms with Crippen molar-refractivity contribution in [2.75, 3.05) is 38.2 Å². The number of amides is 4. The minimum Gasteiger partial charge on any atom is -0.497 e. The van der Waals surface area contributed by atoms with Gasteiger partial charge < -0.3 is 9.64 Å². The van der Waals surface area contributed by atoms with Crippen molar-refractivity contribution in [2.45, 2.75) is 25.4 Å². The maximum absolute atomic E-state index is 13.0. The highest BCUT2D eigenvalue weighted by Gasteiger charge is 2.44. The Morgan fingerprint density at radius 3 is 2.44 bits per heavy atom. The molecule has 9 nitrogen and oxygen atoms in total. The van der Waals surface area contributed by atoms with Crippen LogP contribution in [0.25, 0.3) is 0 Å². The Bertz CT molecular complexity index is 1170. The first-order chi connectivity index (χ1) is 16.4. The van der Waals surface area contributed by atoms with Crippen LogP contribution in [0.15, 0.2) is 42.5 Å². The number of carbonyl (C=O) groups excluding carboxylic acids is 4. The lowest BCUT2D eigenvalue weighted by molar-refractivity contribution is -0.136. The van der Waals surface area contributed by atoms with Crippen LogP contribution in [0.4, 0.5) is 5.69 Å². The number of nitrogens with zero attached hydrogens (tertiary/aromatic N) is 3. The number of hydrogen-bond donors (Lipinski definition) is 1. The summed E-state index contributed by atoms with van der Waals surface area (Å²) in [5, 5.41) is 2.22. The normalized spacial score (nSPS) is 21.0. The molecule has 176 valence electrons. The van der Waals surface area contributed by atoms with E-state index >= 15 is 0 Å². The summed E-state index contributed by atoms with van der Waals surface area (Å²) < 4.78 is 5.33. The molecule has 0 aromatic heterocycles. The van der Waals surface area contributed by atoms with Gasteiger partial charge in [-0.2, -0.15) is 0 Å². The van der Waals surface area contributed by atoms with E-state index in [4.69, 9.17) is 4.74 Å². The van der Waals surface area contributed by atoms with Crippen LogP contribution < -0.4 is 15.0 Å². The van der Waals surface area contributed by atoms with Crippen molar-refractivity contribution >= 4 is 29.3 Å². The van der Waals surface area contributed by atoms with E-state index in [0.717, 1.165) is 48.1 Å². The Kier molecular flexibility index (Phi) is 5.79. The third-order valence-corrected chi connectivity index (χ3v) is 6.70. The zero-order valence-corrected chi connectivity index (χ0v) is 19.0. The van der Waals surface area contributed by atoms with Crippen LogP contribution in [-0.4, -0.2) is 72.8 Å². The summed E-state index contributed by atoms with van der Waals surface area (Å²) in [4.78, 5) is 55.2. The van der Waals surface area contributed by atoms with Gasteiger partial charge in [-0.25, -0.2) is 0 Å². The number of imide groups is 2. The average molecular weight is 463 g/mol. The predicted octanol–water partition coefficient (Wildman–Crippen LogP) is 1.42. The molecule has 9 heteroatoms. The lowest BCUT2D eigenvalue weighted by Gasteiger charge is -2.36. The number of fused-ring (bicyclic) bond motifs is 1. The second-order valence-corrected chi connectivity index (χ2v) is 8.79. The molecule has 2 aromatic rings. The summed E-state index contributed by atoms with van der Waals surface area (Å²) in [6, 6.07) is 12.4. The van der Waals surface area contributed by atoms with Gasteiger partial charge in [0.1, 0.15) is 11.8 Å². The SMILES string of the molecule is COc1cccc(N2CCN(Cc3ccc4c(c3)C(=O)N(C3CCC(=O)NC3=O)C4=O)CC2)c1. The van der Waals surface area contributed by atoms with Crippen molar-refractivity contribution in [3.8, 4) is 5.75 Å². The van der Waals surface area contributed by atoms with Crippen molar-refractivity contribution in [3.05, 3.63) is 59.2 Å². The van der Waals surface area contributed by atoms with Crippen LogP contribution in [0.3, 0.4) is 0 Å². The molecule has 0 radical (unpaired) electrons. The molecule has 1 atom stereocenters. The molecule has 1 N–H and O–H groups in total. The minimum absolute atomic E-state index is 0.108. The smallest absolute Gasteiger partial charge is 0.262 e. The molecule has 0 saturated carbocycles.